The Kier molecular flexibility index (Phi) is 9.59. The fourth-order valence-corrected chi connectivity index (χ4v) is 6.05. The third kappa shape index (κ3) is 6.72. The first-order chi connectivity index (χ1) is 17.7. The van der Waals surface area contributed by atoms with Crippen molar-refractivity contribution in [2.24, 2.45) is 5.92 Å². The molecule has 0 amide bonds. The van der Waals surface area contributed by atoms with E-state index in [-0.39, 0.29) is 15.2 Å². The van der Waals surface area contributed by atoms with Crippen molar-refractivity contribution in [2.75, 3.05) is 19.4 Å². The molecule has 2 N–H and O–H groups in total. The average molecular weight is 597 g/mol. The van der Waals surface area contributed by atoms with Crippen LogP contribution in [0.15, 0.2) is 42.6 Å². The molecule has 2 unspecified atom stereocenters. The molecule has 38 heavy (non-hydrogen) atoms. The largest absolute Gasteiger partial charge is 0.463 e. The van der Waals surface area contributed by atoms with Gasteiger partial charge in [0, 0.05) is 6.20 Å². The zero-order valence-electron chi connectivity index (χ0n) is 20.7. The van der Waals surface area contributed by atoms with Gasteiger partial charge in [0.1, 0.15) is 23.7 Å². The summed E-state index contributed by atoms with van der Waals surface area (Å²) in [6.45, 7) is 1.49. The maximum atomic E-state index is 15.9. The summed E-state index contributed by atoms with van der Waals surface area (Å²) in [4.78, 5) is 14.9. The predicted octanol–water partition coefficient (Wildman–Crippen LogP) is 5.38. The SMILES string of the molecule is CC(C)OC(=O)[C@H](C)CP(=O)(OC[C@@]1(F)O[C@@H](n2ccc(=S)[nH]c2=S)C(F)(CF)[C@H]1O)Oc1ccccc1. The summed E-state index contributed by atoms with van der Waals surface area (Å²) in [6.07, 6.45) is -4.63. The Labute approximate surface area is 227 Å². The molecule has 2 aromatic rings. The minimum atomic E-state index is -4.37. The summed E-state index contributed by atoms with van der Waals surface area (Å²) in [7, 11) is -4.37. The van der Waals surface area contributed by atoms with Crippen molar-refractivity contribution in [3.8, 4) is 5.75 Å². The molecule has 1 fully saturated rings. The van der Waals surface area contributed by atoms with Crippen LogP contribution in [0.2, 0.25) is 0 Å². The molecule has 3 rings (SSSR count). The number of carbonyl (C=O) groups is 1. The van der Waals surface area contributed by atoms with Crippen molar-refractivity contribution in [3.05, 3.63) is 52.0 Å². The molecule has 1 aliphatic rings. The van der Waals surface area contributed by atoms with Gasteiger partial charge in [-0.2, -0.15) is 0 Å². The molecule has 0 bridgehead atoms. The molecule has 0 spiro atoms. The smallest absolute Gasteiger partial charge is 0.380 e. The lowest BCUT2D eigenvalue weighted by Gasteiger charge is -2.28. The standard InChI is InChI=1S/C23H28F3N2O7PS2/c1-14(2)33-18(29)15(3)11-36(31,35-16-7-5-4-6-8-16)32-13-23(26)19(30)22(25,12-24)20(34-23)28-10-9-17(37)27-21(28)38/h4-10,14-15,19-20,30H,11-13H2,1-3H3,(H,27,37,38)/t15-,19-,20-,22?,23-,36?/m1/s1. The summed E-state index contributed by atoms with van der Waals surface area (Å²) >= 11 is 10.0. The number of nitrogens with one attached hydrogen (secondary N) is 1. The second-order valence-corrected chi connectivity index (χ2v) is 11.9. The van der Waals surface area contributed by atoms with Crippen molar-refractivity contribution >= 4 is 38.0 Å². The van der Waals surface area contributed by atoms with E-state index >= 15 is 8.78 Å². The van der Waals surface area contributed by atoms with Gasteiger partial charge in [0.05, 0.1) is 18.2 Å². The van der Waals surface area contributed by atoms with Crippen LogP contribution in [-0.4, -0.2) is 63.8 Å². The van der Waals surface area contributed by atoms with E-state index in [1.165, 1.54) is 25.1 Å². The second-order valence-electron chi connectivity index (χ2n) is 9.09. The first-order valence-corrected chi connectivity index (χ1v) is 14.1. The highest BCUT2D eigenvalue weighted by molar-refractivity contribution is 7.72. The molecule has 15 heteroatoms. The Bertz CT molecular complexity index is 1300. The number of nitrogens with zero attached hydrogens (tertiary/aromatic N) is 1. The third-order valence-corrected chi connectivity index (χ3v) is 8.14. The second kappa shape index (κ2) is 12.0. The number of rotatable bonds is 11. The van der Waals surface area contributed by atoms with Crippen LogP contribution in [0.25, 0.3) is 0 Å². The molecule has 210 valence electrons. The molecule has 1 aromatic carbocycles. The normalized spacial score (nSPS) is 27.6. The lowest BCUT2D eigenvalue weighted by Crippen LogP contribution is -2.49. The van der Waals surface area contributed by atoms with Gasteiger partial charge in [-0.05, 0) is 44.3 Å². The van der Waals surface area contributed by atoms with Gasteiger partial charge in [-0.1, -0.05) is 37.3 Å². The summed E-state index contributed by atoms with van der Waals surface area (Å²) in [6, 6.07) is 9.01. The highest BCUT2D eigenvalue weighted by Crippen LogP contribution is 2.54. The predicted molar refractivity (Wildman–Crippen MR) is 136 cm³/mol. The van der Waals surface area contributed by atoms with Crippen molar-refractivity contribution < 1.29 is 46.2 Å². The minimum Gasteiger partial charge on any atom is -0.463 e. The number of hydrogen-bond acceptors (Lipinski definition) is 9. The molecule has 0 radical (unpaired) electrons. The number of H-pyrrole nitrogens is 1. The zero-order chi connectivity index (χ0) is 28.3. The zero-order valence-corrected chi connectivity index (χ0v) is 23.2. The number of aliphatic hydroxyl groups excluding tert-OH is 1. The average Bonchev–Trinajstić information content (AvgIpc) is 3.05. The van der Waals surface area contributed by atoms with E-state index in [2.05, 4.69) is 4.98 Å². The van der Waals surface area contributed by atoms with Crippen LogP contribution < -0.4 is 4.52 Å². The molecule has 9 nitrogen and oxygen atoms in total. The molecule has 0 saturated carbocycles. The molecule has 1 aromatic heterocycles. The van der Waals surface area contributed by atoms with Crippen LogP contribution >= 0.6 is 32.0 Å². The van der Waals surface area contributed by atoms with E-state index in [0.29, 0.717) is 0 Å². The van der Waals surface area contributed by atoms with Crippen molar-refractivity contribution in [1.29, 1.82) is 0 Å². The number of esters is 1. The lowest BCUT2D eigenvalue weighted by atomic mass is 9.96. The van der Waals surface area contributed by atoms with Gasteiger partial charge < -0.3 is 24.1 Å². The highest BCUT2D eigenvalue weighted by Gasteiger charge is 2.67. The Morgan fingerprint density at radius 2 is 1.89 bits per heavy atom. The van der Waals surface area contributed by atoms with E-state index in [1.54, 1.807) is 32.0 Å². The van der Waals surface area contributed by atoms with Gasteiger partial charge in [-0.15, -0.1) is 0 Å². The molecule has 0 aliphatic carbocycles. The number of hydrogen-bond donors (Lipinski definition) is 2. The minimum absolute atomic E-state index is 0.0772. The number of halogens is 3. The fraction of sp³-hybridized carbons (Fsp3) is 0.522. The molecular formula is C23H28F3N2O7PS2. The van der Waals surface area contributed by atoms with Crippen LogP contribution in [0, 0.1) is 15.3 Å². The van der Waals surface area contributed by atoms with Gasteiger partial charge >= 0.3 is 13.6 Å². The van der Waals surface area contributed by atoms with E-state index in [4.69, 9.17) is 43.0 Å². The van der Waals surface area contributed by atoms with Gasteiger partial charge in [0.15, 0.2) is 17.1 Å². The Hall–Kier alpha value is -2.09. The Balaban J connectivity index is 1.89. The number of aromatic amines is 1. The summed E-state index contributed by atoms with van der Waals surface area (Å²) in [5.41, 5.74) is -3.30. The van der Waals surface area contributed by atoms with E-state index in [9.17, 15) is 18.9 Å². The van der Waals surface area contributed by atoms with Gasteiger partial charge in [-0.3, -0.25) is 13.9 Å². The molecule has 2 heterocycles. The van der Waals surface area contributed by atoms with Gasteiger partial charge in [0.25, 0.3) is 5.85 Å². The van der Waals surface area contributed by atoms with E-state index < -0.39 is 68.9 Å². The Morgan fingerprint density at radius 3 is 2.47 bits per heavy atom. The summed E-state index contributed by atoms with van der Waals surface area (Å²) < 4.78 is 81.1. The number of benzene rings is 1. The van der Waals surface area contributed by atoms with Gasteiger partial charge in [0.2, 0.25) is 5.67 Å². The topological polar surface area (TPSA) is 112 Å². The van der Waals surface area contributed by atoms with Gasteiger partial charge in [-0.25, -0.2) is 17.7 Å². The third-order valence-electron chi connectivity index (χ3n) is 5.59. The maximum Gasteiger partial charge on any atom is 0.380 e. The fourth-order valence-electron chi connectivity index (χ4n) is 3.70. The maximum absolute atomic E-state index is 15.9. The quantitative estimate of drug-likeness (QED) is 0.201. The molecule has 1 saturated heterocycles. The van der Waals surface area contributed by atoms with E-state index in [0.717, 1.165) is 10.8 Å². The first kappa shape index (κ1) is 30.5. The lowest BCUT2D eigenvalue weighted by molar-refractivity contribution is -0.203. The molecule has 1 aliphatic heterocycles. The first-order valence-electron chi connectivity index (χ1n) is 11.5. The number of aliphatic hydroxyl groups is 1. The Morgan fingerprint density at radius 1 is 1.24 bits per heavy atom. The van der Waals surface area contributed by atoms with Crippen molar-refractivity contribution in [3.63, 3.8) is 0 Å². The van der Waals surface area contributed by atoms with Crippen LogP contribution in [0.5, 0.6) is 5.75 Å². The van der Waals surface area contributed by atoms with Crippen LogP contribution in [0.1, 0.15) is 27.0 Å². The van der Waals surface area contributed by atoms with Crippen LogP contribution in [-0.2, 0) is 23.4 Å². The van der Waals surface area contributed by atoms with Crippen LogP contribution in [0.4, 0.5) is 13.2 Å². The highest BCUT2D eigenvalue weighted by atomic mass is 32.1. The van der Waals surface area contributed by atoms with E-state index in [1.807, 2.05) is 0 Å². The van der Waals surface area contributed by atoms with Crippen molar-refractivity contribution in [2.45, 2.75) is 50.7 Å². The number of aromatic nitrogens is 2. The number of para-hydroxylation sites is 1. The van der Waals surface area contributed by atoms with Crippen LogP contribution in [0.3, 0.4) is 0 Å². The number of alkyl halides is 3. The van der Waals surface area contributed by atoms with Crippen molar-refractivity contribution in [1.82, 2.24) is 9.55 Å². The monoisotopic (exact) mass is 596 g/mol. The number of carbonyl (C=O) groups excluding carboxylic acids is 1. The molecular weight excluding hydrogens is 568 g/mol. The number of ether oxygens (including phenoxy) is 2. The molecule has 6 atom stereocenters. The summed E-state index contributed by atoms with van der Waals surface area (Å²) in [5, 5.41) is 10.5. The summed E-state index contributed by atoms with van der Waals surface area (Å²) in [5.74, 6) is -5.02.